The zero-order valence-corrected chi connectivity index (χ0v) is 11.9. The lowest BCUT2D eigenvalue weighted by molar-refractivity contribution is 0.0627. The van der Waals surface area contributed by atoms with Crippen molar-refractivity contribution in [3.05, 3.63) is 35.4 Å². The molecule has 1 aromatic carbocycles. The van der Waals surface area contributed by atoms with Crippen LogP contribution >= 0.6 is 0 Å². The molecule has 0 saturated carbocycles. The molecule has 1 aliphatic heterocycles. The molecule has 104 valence electrons. The van der Waals surface area contributed by atoms with E-state index in [0.29, 0.717) is 12.5 Å². The number of carbonyl (C=O) groups excluding carboxylic acids is 1. The van der Waals surface area contributed by atoms with E-state index < -0.39 is 0 Å². The summed E-state index contributed by atoms with van der Waals surface area (Å²) in [6.45, 7) is 6.91. The zero-order valence-electron chi connectivity index (χ0n) is 11.9. The van der Waals surface area contributed by atoms with E-state index in [1.807, 2.05) is 29.2 Å². The summed E-state index contributed by atoms with van der Waals surface area (Å²) in [5, 5.41) is 0. The monoisotopic (exact) mass is 260 g/mol. The van der Waals surface area contributed by atoms with Crippen molar-refractivity contribution >= 4 is 5.91 Å². The van der Waals surface area contributed by atoms with Crippen LogP contribution in [0.25, 0.3) is 0 Å². The van der Waals surface area contributed by atoms with Gasteiger partial charge < -0.3 is 10.6 Å². The van der Waals surface area contributed by atoms with Crippen LogP contribution in [0.2, 0.25) is 0 Å². The van der Waals surface area contributed by atoms with Gasteiger partial charge in [0.05, 0.1) is 0 Å². The highest BCUT2D eigenvalue weighted by Crippen LogP contribution is 2.23. The van der Waals surface area contributed by atoms with Crippen molar-refractivity contribution in [3.8, 4) is 0 Å². The van der Waals surface area contributed by atoms with Crippen LogP contribution in [0, 0.1) is 11.8 Å². The molecule has 3 heteroatoms. The zero-order chi connectivity index (χ0) is 13.8. The first-order chi connectivity index (χ1) is 9.11. The summed E-state index contributed by atoms with van der Waals surface area (Å²) in [6, 6.07) is 7.87. The first-order valence-electron chi connectivity index (χ1n) is 7.20. The third-order valence-corrected chi connectivity index (χ3v) is 4.26. The summed E-state index contributed by atoms with van der Waals surface area (Å²) in [5.41, 5.74) is 7.52. The molecule has 1 saturated heterocycles. The van der Waals surface area contributed by atoms with E-state index >= 15 is 0 Å². The molecular formula is C16H24N2O. The molecule has 2 unspecified atom stereocenters. The first-order valence-corrected chi connectivity index (χ1v) is 7.20. The van der Waals surface area contributed by atoms with Gasteiger partial charge in [0, 0.05) is 18.7 Å². The van der Waals surface area contributed by atoms with Gasteiger partial charge in [-0.15, -0.1) is 0 Å². The highest BCUT2D eigenvalue weighted by Gasteiger charge is 2.26. The first kappa shape index (κ1) is 14.1. The fourth-order valence-corrected chi connectivity index (χ4v) is 2.61. The van der Waals surface area contributed by atoms with Crippen molar-refractivity contribution in [1.29, 1.82) is 0 Å². The van der Waals surface area contributed by atoms with Gasteiger partial charge in [0.1, 0.15) is 0 Å². The number of piperidine rings is 1. The molecule has 2 rings (SSSR count). The lowest BCUT2D eigenvalue weighted by atomic mass is 9.88. The van der Waals surface area contributed by atoms with E-state index in [4.69, 9.17) is 5.73 Å². The predicted octanol–water partition coefficient (Wildman–Crippen LogP) is 2.31. The summed E-state index contributed by atoms with van der Waals surface area (Å²) >= 11 is 0. The average molecular weight is 260 g/mol. The maximum Gasteiger partial charge on any atom is 0.253 e. The smallest absolute Gasteiger partial charge is 0.253 e. The van der Waals surface area contributed by atoms with E-state index in [1.54, 1.807) is 0 Å². The summed E-state index contributed by atoms with van der Waals surface area (Å²) in [5.74, 6) is 1.48. The lowest BCUT2D eigenvalue weighted by Gasteiger charge is -2.35. The van der Waals surface area contributed by atoms with Crippen molar-refractivity contribution < 1.29 is 4.79 Å². The van der Waals surface area contributed by atoms with Crippen molar-refractivity contribution in [2.24, 2.45) is 17.6 Å². The molecule has 1 heterocycles. The van der Waals surface area contributed by atoms with Crippen LogP contribution in [0.1, 0.15) is 36.2 Å². The Kier molecular flexibility index (Phi) is 4.59. The normalized spacial score (nSPS) is 23.4. The fraction of sp³-hybridized carbons (Fsp3) is 0.562. The third-order valence-electron chi connectivity index (χ3n) is 4.26. The topological polar surface area (TPSA) is 46.3 Å². The van der Waals surface area contributed by atoms with Crippen molar-refractivity contribution in [2.75, 3.05) is 19.6 Å². The minimum atomic E-state index is 0.165. The molecular weight excluding hydrogens is 236 g/mol. The number of carbonyl (C=O) groups is 1. The summed E-state index contributed by atoms with van der Waals surface area (Å²) < 4.78 is 0. The van der Waals surface area contributed by atoms with Gasteiger partial charge >= 0.3 is 0 Å². The highest BCUT2D eigenvalue weighted by molar-refractivity contribution is 5.94. The SMILES string of the molecule is CC1CCN(C(=O)c2ccc(CCN)cc2)CC1C. The Bertz CT molecular complexity index is 427. The Labute approximate surface area is 115 Å². The van der Waals surface area contributed by atoms with Crippen molar-refractivity contribution in [3.63, 3.8) is 0 Å². The summed E-state index contributed by atoms with van der Waals surface area (Å²) in [6.07, 6.45) is 1.98. The van der Waals surface area contributed by atoms with Crippen LogP contribution in [-0.4, -0.2) is 30.4 Å². The second-order valence-electron chi connectivity index (χ2n) is 5.73. The molecule has 1 aromatic rings. The van der Waals surface area contributed by atoms with Gasteiger partial charge in [0.2, 0.25) is 0 Å². The van der Waals surface area contributed by atoms with Crippen molar-refractivity contribution in [2.45, 2.75) is 26.7 Å². The second kappa shape index (κ2) is 6.20. The Morgan fingerprint density at radius 2 is 1.95 bits per heavy atom. The van der Waals surface area contributed by atoms with E-state index in [1.165, 1.54) is 5.56 Å². The molecule has 0 radical (unpaired) electrons. The number of amides is 1. The van der Waals surface area contributed by atoms with E-state index in [-0.39, 0.29) is 5.91 Å². The molecule has 19 heavy (non-hydrogen) atoms. The molecule has 0 aromatic heterocycles. The summed E-state index contributed by atoms with van der Waals surface area (Å²) in [4.78, 5) is 14.4. The third kappa shape index (κ3) is 3.35. The van der Waals surface area contributed by atoms with Gasteiger partial charge in [-0.3, -0.25) is 4.79 Å². The van der Waals surface area contributed by atoms with Gasteiger partial charge in [-0.05, 0) is 48.9 Å². The molecule has 1 amide bonds. The molecule has 1 aliphatic rings. The molecule has 3 nitrogen and oxygen atoms in total. The van der Waals surface area contributed by atoms with Gasteiger partial charge in [-0.1, -0.05) is 26.0 Å². The quantitative estimate of drug-likeness (QED) is 0.906. The van der Waals surface area contributed by atoms with Crippen LogP contribution < -0.4 is 5.73 Å². The van der Waals surface area contributed by atoms with Crippen LogP contribution in [0.15, 0.2) is 24.3 Å². The Morgan fingerprint density at radius 1 is 1.26 bits per heavy atom. The molecule has 0 spiro atoms. The number of benzene rings is 1. The van der Waals surface area contributed by atoms with Crippen LogP contribution in [0.5, 0.6) is 0 Å². The standard InChI is InChI=1S/C16H24N2O/c1-12-8-10-18(11-13(12)2)16(19)15-5-3-14(4-6-15)7-9-17/h3-6,12-13H,7-11,17H2,1-2H3. The lowest BCUT2D eigenvalue weighted by Crippen LogP contribution is -2.42. The molecule has 1 fully saturated rings. The predicted molar refractivity (Wildman–Crippen MR) is 78.0 cm³/mol. The molecule has 0 aliphatic carbocycles. The summed E-state index contributed by atoms with van der Waals surface area (Å²) in [7, 11) is 0. The fourth-order valence-electron chi connectivity index (χ4n) is 2.61. The largest absolute Gasteiger partial charge is 0.338 e. The number of nitrogens with zero attached hydrogens (tertiary/aromatic N) is 1. The Hall–Kier alpha value is -1.35. The molecule has 2 atom stereocenters. The van der Waals surface area contributed by atoms with E-state index in [9.17, 15) is 4.79 Å². The Morgan fingerprint density at radius 3 is 2.53 bits per heavy atom. The molecule has 2 N–H and O–H groups in total. The van der Waals surface area contributed by atoms with Crippen LogP contribution in [0.4, 0.5) is 0 Å². The second-order valence-corrected chi connectivity index (χ2v) is 5.73. The number of likely N-dealkylation sites (tertiary alicyclic amines) is 1. The average Bonchev–Trinajstić information content (AvgIpc) is 2.42. The van der Waals surface area contributed by atoms with Gasteiger partial charge in [0.15, 0.2) is 0 Å². The van der Waals surface area contributed by atoms with Gasteiger partial charge in [-0.2, -0.15) is 0 Å². The van der Waals surface area contributed by atoms with E-state index in [0.717, 1.165) is 37.4 Å². The van der Waals surface area contributed by atoms with Gasteiger partial charge in [0.25, 0.3) is 5.91 Å². The maximum atomic E-state index is 12.4. The number of hydrogen-bond donors (Lipinski definition) is 1. The number of rotatable bonds is 3. The number of hydrogen-bond acceptors (Lipinski definition) is 2. The van der Waals surface area contributed by atoms with Gasteiger partial charge in [-0.25, -0.2) is 0 Å². The number of nitrogens with two attached hydrogens (primary N) is 1. The molecule has 0 bridgehead atoms. The van der Waals surface area contributed by atoms with E-state index in [2.05, 4.69) is 13.8 Å². The minimum absolute atomic E-state index is 0.165. The Balaban J connectivity index is 2.03. The minimum Gasteiger partial charge on any atom is -0.338 e. The van der Waals surface area contributed by atoms with Crippen LogP contribution in [0.3, 0.4) is 0 Å². The maximum absolute atomic E-state index is 12.4. The highest BCUT2D eigenvalue weighted by atomic mass is 16.2. The van der Waals surface area contributed by atoms with Crippen molar-refractivity contribution in [1.82, 2.24) is 4.90 Å². The van der Waals surface area contributed by atoms with Crippen LogP contribution in [-0.2, 0) is 6.42 Å².